The summed E-state index contributed by atoms with van der Waals surface area (Å²) in [6.07, 6.45) is 6.57. The Hall–Kier alpha value is -0.440. The zero-order valence-corrected chi connectivity index (χ0v) is 11.3. The minimum Gasteiger partial charge on any atom is -0.207 e. The van der Waals surface area contributed by atoms with E-state index in [1.807, 2.05) is 0 Å². The molecule has 0 nitrogen and oxygen atoms in total. The van der Waals surface area contributed by atoms with Gasteiger partial charge in [0.15, 0.2) is 0 Å². The third-order valence-corrected chi connectivity index (χ3v) is 4.76. The fourth-order valence-electron chi connectivity index (χ4n) is 2.55. The highest BCUT2D eigenvalue weighted by molar-refractivity contribution is 9.09. The molecule has 1 aliphatic carbocycles. The van der Waals surface area contributed by atoms with Gasteiger partial charge in [0.1, 0.15) is 11.6 Å². The van der Waals surface area contributed by atoms with E-state index in [-0.39, 0.29) is 11.6 Å². The second kappa shape index (κ2) is 5.94. The lowest BCUT2D eigenvalue weighted by Gasteiger charge is -2.20. The Balaban J connectivity index is 2.10. The molecule has 1 fully saturated rings. The summed E-state index contributed by atoms with van der Waals surface area (Å²) in [6, 6.07) is 3.74. The second-order valence-electron chi connectivity index (χ2n) is 4.85. The van der Waals surface area contributed by atoms with Crippen LogP contribution < -0.4 is 0 Å². The molecule has 0 N–H and O–H groups in total. The van der Waals surface area contributed by atoms with E-state index in [2.05, 4.69) is 15.9 Å². The lowest BCUT2D eigenvalue weighted by atomic mass is 9.92. The van der Waals surface area contributed by atoms with Crippen LogP contribution in [0.3, 0.4) is 0 Å². The zero-order valence-electron chi connectivity index (χ0n) is 9.76. The van der Waals surface area contributed by atoms with Gasteiger partial charge < -0.3 is 0 Å². The van der Waals surface area contributed by atoms with Crippen LogP contribution in [0, 0.1) is 17.6 Å². The smallest absolute Gasteiger partial charge is 0.126 e. The lowest BCUT2D eigenvalue weighted by Crippen LogP contribution is -2.16. The highest BCUT2D eigenvalue weighted by Crippen LogP contribution is 2.31. The third-order valence-electron chi connectivity index (χ3n) is 3.56. The van der Waals surface area contributed by atoms with Gasteiger partial charge in [-0.3, -0.25) is 0 Å². The Morgan fingerprint density at radius 2 is 1.88 bits per heavy atom. The highest BCUT2D eigenvalue weighted by Gasteiger charge is 2.22. The van der Waals surface area contributed by atoms with Crippen LogP contribution in [0.25, 0.3) is 0 Å². The van der Waals surface area contributed by atoms with Gasteiger partial charge in [-0.1, -0.05) is 35.2 Å². The largest absolute Gasteiger partial charge is 0.207 e. The molecule has 2 rings (SSSR count). The van der Waals surface area contributed by atoms with Crippen LogP contribution in [0.15, 0.2) is 18.2 Å². The van der Waals surface area contributed by atoms with Crippen molar-refractivity contribution < 1.29 is 8.78 Å². The maximum Gasteiger partial charge on any atom is 0.126 e. The molecule has 2 unspecified atom stereocenters. The molecular formula is C14H17BrF2. The van der Waals surface area contributed by atoms with Gasteiger partial charge in [0.2, 0.25) is 0 Å². The van der Waals surface area contributed by atoms with E-state index in [4.69, 9.17) is 0 Å². The van der Waals surface area contributed by atoms with Crippen molar-refractivity contribution in [3.8, 4) is 0 Å². The van der Waals surface area contributed by atoms with Crippen molar-refractivity contribution in [1.29, 1.82) is 0 Å². The van der Waals surface area contributed by atoms with Crippen LogP contribution in [0.5, 0.6) is 0 Å². The highest BCUT2D eigenvalue weighted by atomic mass is 79.9. The average molecular weight is 303 g/mol. The number of rotatable bonds is 2. The van der Waals surface area contributed by atoms with Gasteiger partial charge in [0.05, 0.1) is 0 Å². The van der Waals surface area contributed by atoms with Crippen molar-refractivity contribution in [3.63, 3.8) is 0 Å². The molecule has 3 heteroatoms. The normalized spacial score (nSPS) is 25.6. The summed E-state index contributed by atoms with van der Waals surface area (Å²) in [6.45, 7) is 0. The van der Waals surface area contributed by atoms with Gasteiger partial charge in [0, 0.05) is 4.83 Å². The van der Waals surface area contributed by atoms with Gasteiger partial charge in [-0.15, -0.1) is 0 Å². The molecule has 1 aliphatic rings. The summed E-state index contributed by atoms with van der Waals surface area (Å²) in [5, 5.41) is 0. The summed E-state index contributed by atoms with van der Waals surface area (Å²) < 4.78 is 26.7. The molecule has 1 aromatic rings. The third kappa shape index (κ3) is 3.51. The van der Waals surface area contributed by atoms with Gasteiger partial charge in [-0.2, -0.15) is 0 Å². The summed E-state index contributed by atoms with van der Waals surface area (Å²) >= 11 is 3.69. The maximum absolute atomic E-state index is 13.6. The lowest BCUT2D eigenvalue weighted by molar-refractivity contribution is 0.461. The molecular weight excluding hydrogens is 286 g/mol. The molecule has 0 aliphatic heterocycles. The fraction of sp³-hybridized carbons (Fsp3) is 0.571. The van der Waals surface area contributed by atoms with Crippen LogP contribution in [-0.4, -0.2) is 4.83 Å². The molecule has 1 saturated carbocycles. The summed E-state index contributed by atoms with van der Waals surface area (Å²) in [5.41, 5.74) is 0.515. The molecule has 0 aromatic heterocycles. The van der Waals surface area contributed by atoms with Crippen molar-refractivity contribution in [2.75, 3.05) is 0 Å². The van der Waals surface area contributed by atoms with Gasteiger partial charge in [-0.25, -0.2) is 8.78 Å². The summed E-state index contributed by atoms with van der Waals surface area (Å²) in [5.74, 6) is -0.203. The molecule has 0 radical (unpaired) electrons. The summed E-state index contributed by atoms with van der Waals surface area (Å²) in [7, 11) is 0. The van der Waals surface area contributed by atoms with E-state index in [1.165, 1.54) is 37.5 Å². The monoisotopic (exact) mass is 302 g/mol. The first-order valence-corrected chi connectivity index (χ1v) is 7.16. The first kappa shape index (κ1) is 13.0. The molecule has 0 heterocycles. The molecule has 0 amide bonds. The standard InChI is InChI=1S/C14H17BrF2/c15-13-5-3-1-2-4-10(13)8-11-9-12(16)6-7-14(11)17/h6-7,9-10,13H,1-5,8H2. The number of alkyl halides is 1. The van der Waals surface area contributed by atoms with Crippen LogP contribution in [-0.2, 0) is 6.42 Å². The van der Waals surface area contributed by atoms with Crippen molar-refractivity contribution in [2.24, 2.45) is 5.92 Å². The van der Waals surface area contributed by atoms with E-state index in [0.717, 1.165) is 12.8 Å². The zero-order chi connectivity index (χ0) is 12.3. The fourth-order valence-corrected chi connectivity index (χ4v) is 3.33. The second-order valence-corrected chi connectivity index (χ2v) is 6.03. The quantitative estimate of drug-likeness (QED) is 0.541. The van der Waals surface area contributed by atoms with E-state index < -0.39 is 0 Å². The first-order valence-electron chi connectivity index (χ1n) is 6.25. The van der Waals surface area contributed by atoms with Crippen LogP contribution in [0.1, 0.15) is 37.7 Å². The van der Waals surface area contributed by atoms with Crippen molar-refractivity contribution >= 4 is 15.9 Å². The number of hydrogen-bond donors (Lipinski definition) is 0. The van der Waals surface area contributed by atoms with E-state index in [1.54, 1.807) is 0 Å². The van der Waals surface area contributed by atoms with Gasteiger partial charge >= 0.3 is 0 Å². The molecule has 17 heavy (non-hydrogen) atoms. The average Bonchev–Trinajstić information content (AvgIpc) is 2.50. The molecule has 0 bridgehead atoms. The molecule has 94 valence electrons. The maximum atomic E-state index is 13.6. The minimum absolute atomic E-state index is 0.282. The predicted octanol–water partition coefficient (Wildman–Crippen LogP) is 4.85. The Labute approximate surface area is 110 Å². The van der Waals surface area contributed by atoms with E-state index >= 15 is 0 Å². The molecule has 2 atom stereocenters. The minimum atomic E-state index is -0.346. The first-order chi connectivity index (χ1) is 8.16. The Morgan fingerprint density at radius 1 is 1.12 bits per heavy atom. The van der Waals surface area contributed by atoms with Crippen LogP contribution in [0.2, 0.25) is 0 Å². The predicted molar refractivity (Wildman–Crippen MR) is 69.4 cm³/mol. The van der Waals surface area contributed by atoms with Crippen molar-refractivity contribution in [3.05, 3.63) is 35.4 Å². The van der Waals surface area contributed by atoms with E-state index in [9.17, 15) is 8.78 Å². The summed E-state index contributed by atoms with van der Waals surface area (Å²) in [4.78, 5) is 0.438. The van der Waals surface area contributed by atoms with Gasteiger partial charge in [0.25, 0.3) is 0 Å². The molecule has 0 saturated heterocycles. The topological polar surface area (TPSA) is 0 Å². The van der Waals surface area contributed by atoms with E-state index in [0.29, 0.717) is 22.7 Å². The number of hydrogen-bond acceptors (Lipinski definition) is 0. The van der Waals surface area contributed by atoms with Crippen molar-refractivity contribution in [1.82, 2.24) is 0 Å². The Kier molecular flexibility index (Phi) is 4.55. The van der Waals surface area contributed by atoms with Crippen molar-refractivity contribution in [2.45, 2.75) is 43.4 Å². The van der Waals surface area contributed by atoms with Crippen LogP contribution in [0.4, 0.5) is 8.78 Å². The van der Waals surface area contributed by atoms with Crippen LogP contribution >= 0.6 is 15.9 Å². The van der Waals surface area contributed by atoms with Gasteiger partial charge in [-0.05, 0) is 48.9 Å². The molecule has 0 spiro atoms. The number of halogens is 3. The number of benzene rings is 1. The SMILES string of the molecule is Fc1ccc(F)c(CC2CCCCCC2Br)c1. The Bertz CT molecular complexity index is 378. The Morgan fingerprint density at radius 3 is 2.71 bits per heavy atom. The molecule has 1 aromatic carbocycles.